The van der Waals surface area contributed by atoms with Crippen molar-refractivity contribution in [1.82, 2.24) is 0 Å². The van der Waals surface area contributed by atoms with E-state index in [1.807, 2.05) is 24.3 Å². The summed E-state index contributed by atoms with van der Waals surface area (Å²) in [6, 6.07) is 17.0. The third-order valence-electron chi connectivity index (χ3n) is 3.77. The highest BCUT2D eigenvalue weighted by molar-refractivity contribution is 5.50. The van der Waals surface area contributed by atoms with Crippen molar-refractivity contribution in [2.75, 3.05) is 13.2 Å². The first-order valence-electron chi connectivity index (χ1n) is 8.62. The Morgan fingerprint density at radius 3 is 1.40 bits per heavy atom. The van der Waals surface area contributed by atoms with Gasteiger partial charge in [0.25, 0.3) is 0 Å². The first-order valence-corrected chi connectivity index (χ1v) is 8.62. The summed E-state index contributed by atoms with van der Waals surface area (Å²) >= 11 is 0. The Bertz CT molecular complexity index is 639. The van der Waals surface area contributed by atoms with Gasteiger partial charge in [-0.2, -0.15) is 0 Å². The minimum Gasteiger partial charge on any atom is -0.373 e. The van der Waals surface area contributed by atoms with Crippen LogP contribution in [0, 0.1) is 0 Å². The van der Waals surface area contributed by atoms with Gasteiger partial charge in [-0.15, -0.1) is 13.2 Å². The van der Waals surface area contributed by atoms with Gasteiger partial charge in [-0.3, -0.25) is 0 Å². The number of hydrogen-bond donors (Lipinski definition) is 0. The molecule has 2 aromatic carbocycles. The molecule has 0 aliphatic heterocycles. The van der Waals surface area contributed by atoms with E-state index < -0.39 is 0 Å². The highest BCUT2D eigenvalue weighted by Gasteiger charge is 1.91. The molecule has 0 atom stereocenters. The number of ether oxygens (including phenoxy) is 1. The van der Waals surface area contributed by atoms with E-state index in [0.29, 0.717) is 13.2 Å². The van der Waals surface area contributed by atoms with Gasteiger partial charge in [0.15, 0.2) is 0 Å². The van der Waals surface area contributed by atoms with Gasteiger partial charge in [0.2, 0.25) is 0 Å². The topological polar surface area (TPSA) is 9.23 Å². The molecule has 0 saturated heterocycles. The molecule has 0 heterocycles. The summed E-state index contributed by atoms with van der Waals surface area (Å²) in [5.74, 6) is 0. The molecule has 1 nitrogen and oxygen atoms in total. The average Bonchev–Trinajstić information content (AvgIpc) is 2.64. The Morgan fingerprint density at radius 2 is 1.04 bits per heavy atom. The Balaban J connectivity index is 1.68. The van der Waals surface area contributed by atoms with Gasteiger partial charge in [0.1, 0.15) is 0 Å². The lowest BCUT2D eigenvalue weighted by molar-refractivity contribution is 0.195. The fraction of sp³-hybridized carbons (Fsp3) is 0.167. The second-order valence-electron chi connectivity index (χ2n) is 5.81. The average molecular weight is 330 g/mol. The fourth-order valence-corrected chi connectivity index (χ4v) is 2.44. The van der Waals surface area contributed by atoms with Crippen molar-refractivity contribution in [2.45, 2.75) is 12.8 Å². The van der Waals surface area contributed by atoms with Crippen LogP contribution in [0.4, 0.5) is 0 Å². The number of hydrogen-bond acceptors (Lipinski definition) is 1. The van der Waals surface area contributed by atoms with Gasteiger partial charge in [-0.1, -0.05) is 85.0 Å². The van der Waals surface area contributed by atoms with E-state index in [-0.39, 0.29) is 0 Å². The van der Waals surface area contributed by atoms with E-state index >= 15 is 0 Å². The zero-order valence-electron chi connectivity index (χ0n) is 14.7. The molecule has 2 aromatic rings. The Labute approximate surface area is 151 Å². The van der Waals surface area contributed by atoms with Crippen molar-refractivity contribution in [3.8, 4) is 0 Å². The monoisotopic (exact) mass is 330 g/mol. The van der Waals surface area contributed by atoms with Gasteiger partial charge in [0, 0.05) is 0 Å². The predicted molar refractivity (Wildman–Crippen MR) is 110 cm³/mol. The van der Waals surface area contributed by atoms with E-state index in [9.17, 15) is 0 Å². The Kier molecular flexibility index (Phi) is 8.23. The van der Waals surface area contributed by atoms with Crippen LogP contribution in [0.3, 0.4) is 0 Å². The maximum absolute atomic E-state index is 5.60. The zero-order valence-corrected chi connectivity index (χ0v) is 14.7. The summed E-state index contributed by atoms with van der Waals surface area (Å²) in [5.41, 5.74) is 4.94. The highest BCUT2D eigenvalue weighted by Crippen LogP contribution is 2.08. The van der Waals surface area contributed by atoms with Crippen molar-refractivity contribution in [3.05, 3.63) is 108 Å². The molecule has 2 rings (SSSR count). The number of rotatable bonds is 10. The van der Waals surface area contributed by atoms with E-state index in [0.717, 1.165) is 12.8 Å². The SMILES string of the molecule is C=CCc1ccc(C=CCOCC=Cc2ccc(CC=C)cc2)cc1. The molecule has 0 radical (unpaired) electrons. The molecule has 25 heavy (non-hydrogen) atoms. The van der Waals surface area contributed by atoms with E-state index in [4.69, 9.17) is 4.74 Å². The smallest absolute Gasteiger partial charge is 0.0655 e. The van der Waals surface area contributed by atoms with Crippen molar-refractivity contribution in [2.24, 2.45) is 0 Å². The van der Waals surface area contributed by atoms with Crippen LogP contribution in [0.5, 0.6) is 0 Å². The second-order valence-corrected chi connectivity index (χ2v) is 5.81. The Hall–Kier alpha value is -2.64. The van der Waals surface area contributed by atoms with Crippen LogP contribution < -0.4 is 0 Å². The summed E-state index contributed by atoms with van der Waals surface area (Å²) in [4.78, 5) is 0. The van der Waals surface area contributed by atoms with Crippen molar-refractivity contribution >= 4 is 12.2 Å². The molecule has 0 spiro atoms. The highest BCUT2D eigenvalue weighted by atomic mass is 16.5. The molecule has 0 aliphatic carbocycles. The maximum Gasteiger partial charge on any atom is 0.0655 e. The lowest BCUT2D eigenvalue weighted by Crippen LogP contribution is -1.90. The first-order chi connectivity index (χ1) is 12.3. The normalized spacial score (nSPS) is 11.2. The number of benzene rings is 2. The summed E-state index contributed by atoms with van der Waals surface area (Å²) in [6.45, 7) is 8.73. The molecule has 0 fully saturated rings. The molecular weight excluding hydrogens is 304 g/mol. The van der Waals surface area contributed by atoms with Crippen LogP contribution in [0.25, 0.3) is 12.2 Å². The maximum atomic E-state index is 5.60. The summed E-state index contributed by atoms with van der Waals surface area (Å²) in [6.07, 6.45) is 13.9. The standard InChI is InChI=1S/C24H26O/c1-3-7-21-11-15-23(16-12-21)9-5-19-25-20-6-10-24-17-13-22(8-4-2)14-18-24/h3-6,9-18H,1-2,7-8,19-20H2. The quantitative estimate of drug-likeness (QED) is 0.390. The molecular formula is C24H26O. The van der Waals surface area contributed by atoms with Gasteiger partial charge in [-0.05, 0) is 35.1 Å². The molecule has 0 N–H and O–H groups in total. The largest absolute Gasteiger partial charge is 0.373 e. The molecule has 1 heteroatoms. The van der Waals surface area contributed by atoms with Gasteiger partial charge < -0.3 is 4.74 Å². The predicted octanol–water partition coefficient (Wildman–Crippen LogP) is 5.89. The van der Waals surface area contributed by atoms with E-state index in [2.05, 4.69) is 73.8 Å². The van der Waals surface area contributed by atoms with Crippen LogP contribution >= 0.6 is 0 Å². The molecule has 0 aliphatic rings. The van der Waals surface area contributed by atoms with Crippen LogP contribution in [0.1, 0.15) is 22.3 Å². The lowest BCUT2D eigenvalue weighted by atomic mass is 10.1. The Morgan fingerprint density at radius 1 is 0.640 bits per heavy atom. The van der Waals surface area contributed by atoms with Gasteiger partial charge in [0.05, 0.1) is 13.2 Å². The van der Waals surface area contributed by atoms with Crippen LogP contribution in [0.2, 0.25) is 0 Å². The van der Waals surface area contributed by atoms with Crippen molar-refractivity contribution < 1.29 is 4.74 Å². The van der Waals surface area contributed by atoms with E-state index in [1.54, 1.807) is 0 Å². The van der Waals surface area contributed by atoms with Gasteiger partial charge >= 0.3 is 0 Å². The molecule has 0 amide bonds. The molecule has 128 valence electrons. The fourth-order valence-electron chi connectivity index (χ4n) is 2.44. The van der Waals surface area contributed by atoms with Crippen LogP contribution in [-0.2, 0) is 17.6 Å². The van der Waals surface area contributed by atoms with Gasteiger partial charge in [-0.25, -0.2) is 0 Å². The zero-order chi connectivity index (χ0) is 17.7. The molecule has 0 bridgehead atoms. The number of allylic oxidation sites excluding steroid dienone is 2. The minimum absolute atomic E-state index is 0.608. The van der Waals surface area contributed by atoms with E-state index in [1.165, 1.54) is 22.3 Å². The van der Waals surface area contributed by atoms with Crippen molar-refractivity contribution in [3.63, 3.8) is 0 Å². The van der Waals surface area contributed by atoms with Crippen LogP contribution in [-0.4, -0.2) is 13.2 Å². The summed E-state index contributed by atoms with van der Waals surface area (Å²) < 4.78 is 5.60. The third-order valence-corrected chi connectivity index (χ3v) is 3.77. The first kappa shape index (κ1) is 18.7. The lowest BCUT2D eigenvalue weighted by Gasteiger charge is -1.99. The third kappa shape index (κ3) is 7.19. The molecule has 0 aromatic heterocycles. The minimum atomic E-state index is 0.608. The second kappa shape index (κ2) is 11.0. The summed E-state index contributed by atoms with van der Waals surface area (Å²) in [5, 5.41) is 0. The van der Waals surface area contributed by atoms with Crippen LogP contribution in [0.15, 0.2) is 86.0 Å². The molecule has 0 unspecified atom stereocenters. The molecule has 0 saturated carbocycles. The summed E-state index contributed by atoms with van der Waals surface area (Å²) in [7, 11) is 0. The van der Waals surface area contributed by atoms with Crippen molar-refractivity contribution in [1.29, 1.82) is 0 Å².